The van der Waals surface area contributed by atoms with Gasteiger partial charge in [-0.2, -0.15) is 0 Å². The maximum absolute atomic E-state index is 13.9. The molecule has 1 saturated heterocycles. The van der Waals surface area contributed by atoms with Crippen molar-refractivity contribution in [3.8, 4) is 0 Å². The maximum atomic E-state index is 13.9. The Bertz CT molecular complexity index is 1180. The minimum atomic E-state index is -1.67. The van der Waals surface area contributed by atoms with Gasteiger partial charge in [0.25, 0.3) is 5.91 Å². The summed E-state index contributed by atoms with van der Waals surface area (Å²) in [6.45, 7) is 18.8. The second kappa shape index (κ2) is 24.8. The Balaban J connectivity index is 3.13. The van der Waals surface area contributed by atoms with E-state index in [1.54, 1.807) is 74.3 Å². The second-order valence-corrected chi connectivity index (χ2v) is 18.3. The van der Waals surface area contributed by atoms with E-state index in [0.717, 1.165) is 32.2 Å². The Hall–Kier alpha value is -1.54. The van der Waals surface area contributed by atoms with Gasteiger partial charge in [-0.15, -0.1) is 0 Å². The van der Waals surface area contributed by atoms with Crippen LogP contribution in [0.1, 0.15) is 114 Å². The maximum Gasteiger partial charge on any atom is 0.254 e. The van der Waals surface area contributed by atoms with Gasteiger partial charge in [0, 0.05) is 40.4 Å². The number of hydrogen-bond donors (Lipinski definition) is 7. The summed E-state index contributed by atoms with van der Waals surface area (Å²) < 4.78 is 30.5. The van der Waals surface area contributed by atoms with Crippen LogP contribution >= 0.6 is 0 Å². The Morgan fingerprint density at radius 3 is 2.00 bits per heavy atom. The zero-order chi connectivity index (χ0) is 44.6. The predicted octanol–water partition coefficient (Wildman–Crippen LogP) is 1.62. The van der Waals surface area contributed by atoms with Gasteiger partial charge in [0.1, 0.15) is 36.6 Å². The third-order valence-corrected chi connectivity index (χ3v) is 11.0. The van der Waals surface area contributed by atoms with Crippen LogP contribution in [0.15, 0.2) is 0 Å². The van der Waals surface area contributed by atoms with Crippen LogP contribution in [-0.4, -0.2) is 191 Å². The number of nitrogens with zero attached hydrogens (tertiary/aromatic N) is 2. The summed E-state index contributed by atoms with van der Waals surface area (Å²) >= 11 is 0. The summed E-state index contributed by atoms with van der Waals surface area (Å²) in [7, 11) is 5.00. The fourth-order valence-electron chi connectivity index (χ4n) is 7.28. The lowest BCUT2D eigenvalue weighted by Crippen LogP contribution is -2.67. The number of hydrogen-bond acceptors (Lipinski definition) is 14. The molecular formula is C42H83N3O13. The Morgan fingerprint density at radius 1 is 0.862 bits per heavy atom. The van der Waals surface area contributed by atoms with Crippen molar-refractivity contribution in [2.45, 2.75) is 185 Å². The van der Waals surface area contributed by atoms with Crippen LogP contribution in [0, 0.1) is 5.92 Å². The van der Waals surface area contributed by atoms with Crippen molar-refractivity contribution in [2.75, 3.05) is 67.2 Å². The molecule has 1 fully saturated rings. The minimum absolute atomic E-state index is 0.00485. The molecule has 0 aromatic carbocycles. The quantitative estimate of drug-likeness (QED) is 0.0558. The molecule has 0 saturated carbocycles. The van der Waals surface area contributed by atoms with Gasteiger partial charge in [-0.05, 0) is 115 Å². The van der Waals surface area contributed by atoms with Crippen molar-refractivity contribution in [3.05, 3.63) is 0 Å². The number of carbonyl (C=O) groups is 2. The minimum Gasteiger partial charge on any atom is -0.396 e. The van der Waals surface area contributed by atoms with E-state index in [0.29, 0.717) is 32.5 Å². The molecule has 0 spiro atoms. The highest BCUT2D eigenvalue weighted by Crippen LogP contribution is 2.35. The molecule has 0 aromatic rings. The lowest BCUT2D eigenvalue weighted by Gasteiger charge is -2.49. The SMILES string of the molecule is CCN(CCCCO)C(=O)C1OC(C(C)(C)OCCC(C)(C)O[C@H](CO)C(O)C(O)C(C(=O)N(C)CCCCCCNC)C(C)(C)OC)C(O)C(O)[C@@H]1OC(C)(C)C. The molecular weight excluding hydrogens is 754 g/mol. The number of amides is 2. The lowest BCUT2D eigenvalue weighted by molar-refractivity contribution is -0.284. The van der Waals surface area contributed by atoms with Crippen molar-refractivity contribution in [1.82, 2.24) is 15.1 Å². The van der Waals surface area contributed by atoms with Gasteiger partial charge in [0.05, 0.1) is 47.6 Å². The highest BCUT2D eigenvalue weighted by molar-refractivity contribution is 5.82. The third kappa shape index (κ3) is 16.7. The van der Waals surface area contributed by atoms with Crippen LogP contribution in [0.3, 0.4) is 0 Å². The number of likely N-dealkylation sites (N-methyl/N-ethyl adjacent to an activating group) is 1. The predicted molar refractivity (Wildman–Crippen MR) is 221 cm³/mol. The smallest absolute Gasteiger partial charge is 0.254 e. The normalized spacial score (nSPS) is 23.0. The molecule has 344 valence electrons. The van der Waals surface area contributed by atoms with Gasteiger partial charge < -0.3 is 69.4 Å². The summed E-state index contributed by atoms with van der Waals surface area (Å²) in [5.41, 5.74) is -4.25. The second-order valence-electron chi connectivity index (χ2n) is 18.3. The topological polar surface area (TPSA) is 220 Å². The van der Waals surface area contributed by atoms with E-state index >= 15 is 0 Å². The molecule has 1 heterocycles. The van der Waals surface area contributed by atoms with Crippen LogP contribution in [0.4, 0.5) is 0 Å². The average molecular weight is 838 g/mol. The molecule has 1 rings (SSSR count). The molecule has 7 N–H and O–H groups in total. The summed E-state index contributed by atoms with van der Waals surface area (Å²) in [4.78, 5) is 30.8. The fourth-order valence-corrected chi connectivity index (χ4v) is 7.28. The van der Waals surface area contributed by atoms with E-state index in [-0.39, 0.29) is 19.6 Å². The van der Waals surface area contributed by atoms with Crippen LogP contribution in [0.25, 0.3) is 0 Å². The Morgan fingerprint density at radius 2 is 1.47 bits per heavy atom. The first kappa shape index (κ1) is 54.5. The third-order valence-electron chi connectivity index (χ3n) is 11.0. The summed E-state index contributed by atoms with van der Waals surface area (Å²) in [6, 6.07) is 0. The van der Waals surface area contributed by atoms with Gasteiger partial charge in [-0.1, -0.05) is 12.8 Å². The lowest BCUT2D eigenvalue weighted by atomic mass is 9.81. The van der Waals surface area contributed by atoms with Crippen LogP contribution in [0.5, 0.6) is 0 Å². The van der Waals surface area contributed by atoms with E-state index in [1.165, 1.54) is 12.0 Å². The number of aliphatic hydroxyl groups excluding tert-OH is 6. The van der Waals surface area contributed by atoms with Gasteiger partial charge >= 0.3 is 0 Å². The molecule has 1 aliphatic rings. The summed E-state index contributed by atoms with van der Waals surface area (Å²) in [5, 5.41) is 68.5. The first-order chi connectivity index (χ1) is 26.9. The summed E-state index contributed by atoms with van der Waals surface area (Å²) in [6.07, 6.45) is -6.11. The fraction of sp³-hybridized carbons (Fsp3) is 0.952. The van der Waals surface area contributed by atoms with Crippen molar-refractivity contribution >= 4 is 11.8 Å². The number of unbranched alkanes of at least 4 members (excludes halogenated alkanes) is 4. The molecule has 0 aliphatic carbocycles. The molecule has 0 aromatic heterocycles. The molecule has 1 aliphatic heterocycles. The number of ether oxygens (including phenoxy) is 5. The molecule has 16 nitrogen and oxygen atoms in total. The number of methoxy groups -OCH3 is 1. The van der Waals surface area contributed by atoms with Gasteiger partial charge in [0.15, 0.2) is 6.10 Å². The van der Waals surface area contributed by atoms with Crippen molar-refractivity contribution in [3.63, 3.8) is 0 Å². The first-order valence-corrected chi connectivity index (χ1v) is 21.2. The van der Waals surface area contributed by atoms with Crippen molar-refractivity contribution < 1.29 is 63.9 Å². The number of carbonyl (C=O) groups excluding carboxylic acids is 2. The van der Waals surface area contributed by atoms with Crippen LogP contribution in [0.2, 0.25) is 0 Å². The molecule has 0 bridgehead atoms. The summed E-state index contributed by atoms with van der Waals surface area (Å²) in [5.74, 6) is -1.99. The standard InChI is InChI=1S/C42H83N3O13/c1-14-45(24-19-20-25-46)38(53)35-34(58-39(2,3)4)32(50)33(51)36(56-35)42(9,10)55-26-21-40(5,6)57-28(27-47)30(48)31(49)29(41(7,8)54-13)37(52)44(12)23-18-16-15-17-22-43-11/h28-36,43,46-51H,14-27H2,1-13H3/t28-,29?,30?,31?,32?,33?,34+,35?,36?/m1/s1. The molecule has 58 heavy (non-hydrogen) atoms. The number of rotatable bonds is 28. The van der Waals surface area contributed by atoms with E-state index in [2.05, 4.69) is 5.32 Å². The number of nitrogens with one attached hydrogen (secondary N) is 1. The van der Waals surface area contributed by atoms with E-state index in [9.17, 15) is 40.2 Å². The van der Waals surface area contributed by atoms with Gasteiger partial charge in [-0.25, -0.2) is 0 Å². The largest absolute Gasteiger partial charge is 0.396 e. The highest BCUT2D eigenvalue weighted by Gasteiger charge is 2.55. The van der Waals surface area contributed by atoms with Crippen molar-refractivity contribution in [1.29, 1.82) is 0 Å². The zero-order valence-corrected chi connectivity index (χ0v) is 38.0. The molecule has 7 unspecified atom stereocenters. The number of aliphatic hydroxyl groups is 6. The molecule has 2 amide bonds. The van der Waals surface area contributed by atoms with Crippen molar-refractivity contribution in [2.24, 2.45) is 5.92 Å². The monoisotopic (exact) mass is 838 g/mol. The Kier molecular flexibility index (Phi) is 23.3. The first-order valence-electron chi connectivity index (χ1n) is 21.2. The van der Waals surface area contributed by atoms with E-state index < -0.39 is 95.6 Å². The van der Waals surface area contributed by atoms with E-state index in [1.807, 2.05) is 14.0 Å². The van der Waals surface area contributed by atoms with Gasteiger partial charge in [0.2, 0.25) is 5.91 Å². The van der Waals surface area contributed by atoms with Crippen LogP contribution in [-0.2, 0) is 33.3 Å². The van der Waals surface area contributed by atoms with Gasteiger partial charge in [-0.3, -0.25) is 9.59 Å². The van der Waals surface area contributed by atoms with E-state index in [4.69, 9.17) is 23.7 Å². The average Bonchev–Trinajstić information content (AvgIpc) is 3.14. The van der Waals surface area contributed by atoms with Crippen LogP contribution < -0.4 is 5.32 Å². The Labute approximate surface area is 348 Å². The zero-order valence-electron chi connectivity index (χ0n) is 38.0. The molecule has 0 radical (unpaired) electrons. The molecule has 16 heteroatoms. The molecule has 9 atom stereocenters. The highest BCUT2D eigenvalue weighted by atomic mass is 16.6.